The highest BCUT2D eigenvalue weighted by atomic mass is 19.1. The lowest BCUT2D eigenvalue weighted by molar-refractivity contribution is 0.290. The number of rotatable bonds is 5. The molecule has 0 radical (unpaired) electrons. The van der Waals surface area contributed by atoms with Gasteiger partial charge < -0.3 is 10.0 Å². The summed E-state index contributed by atoms with van der Waals surface area (Å²) in [5.74, 6) is 0.279. The smallest absolute Gasteiger partial charge is 0.225 e. The number of hydrogen-bond donors (Lipinski definition) is 1. The second kappa shape index (κ2) is 6.24. The predicted octanol–water partition coefficient (Wildman–Crippen LogP) is 2.10. The molecule has 0 amide bonds. The molecule has 0 atom stereocenters. The van der Waals surface area contributed by atoms with Crippen LogP contribution in [0.1, 0.15) is 6.42 Å². The van der Waals surface area contributed by atoms with Crippen LogP contribution in [0.4, 0.5) is 10.3 Å². The van der Waals surface area contributed by atoms with Gasteiger partial charge in [0, 0.05) is 43.7 Å². The van der Waals surface area contributed by atoms with Crippen molar-refractivity contribution in [1.29, 1.82) is 0 Å². The van der Waals surface area contributed by atoms with Crippen LogP contribution in [0.25, 0.3) is 11.1 Å². The first kappa shape index (κ1) is 13.4. The van der Waals surface area contributed by atoms with Gasteiger partial charge in [-0.15, -0.1) is 0 Å². The van der Waals surface area contributed by atoms with E-state index in [1.807, 2.05) is 11.9 Å². The molecule has 2 aromatic rings. The molecular formula is C14H16FN3O. The summed E-state index contributed by atoms with van der Waals surface area (Å²) in [5.41, 5.74) is 1.14. The second-order valence-electron chi connectivity index (χ2n) is 4.25. The first-order valence-electron chi connectivity index (χ1n) is 6.11. The van der Waals surface area contributed by atoms with E-state index in [2.05, 4.69) is 9.97 Å². The van der Waals surface area contributed by atoms with Crippen molar-refractivity contribution in [3.05, 3.63) is 42.5 Å². The summed E-state index contributed by atoms with van der Waals surface area (Å²) in [6.07, 6.45) is 3.88. The Labute approximate surface area is 111 Å². The van der Waals surface area contributed by atoms with E-state index in [9.17, 15) is 4.39 Å². The van der Waals surface area contributed by atoms with Crippen LogP contribution in [0.2, 0.25) is 0 Å². The third-order valence-corrected chi connectivity index (χ3v) is 2.82. The molecule has 1 aromatic carbocycles. The second-order valence-corrected chi connectivity index (χ2v) is 4.25. The van der Waals surface area contributed by atoms with Gasteiger partial charge in [-0.1, -0.05) is 18.2 Å². The van der Waals surface area contributed by atoms with Crippen LogP contribution in [-0.2, 0) is 0 Å². The Kier molecular flexibility index (Phi) is 4.41. The molecule has 2 rings (SSSR count). The van der Waals surface area contributed by atoms with Crippen molar-refractivity contribution in [2.75, 3.05) is 25.1 Å². The molecule has 0 aliphatic rings. The Morgan fingerprint density at radius 3 is 2.53 bits per heavy atom. The summed E-state index contributed by atoms with van der Waals surface area (Å²) >= 11 is 0. The number of hydrogen-bond acceptors (Lipinski definition) is 4. The standard InChI is InChI=1S/C14H16FN3O/c1-18(7-4-8-19)14-16-9-11(10-17-14)12-5-2-3-6-13(12)15/h2-3,5-6,9-10,19H,4,7-8H2,1H3. The molecule has 1 aromatic heterocycles. The highest BCUT2D eigenvalue weighted by Crippen LogP contribution is 2.21. The molecule has 0 unspecified atom stereocenters. The Balaban J connectivity index is 2.17. The first-order valence-corrected chi connectivity index (χ1v) is 6.11. The van der Waals surface area contributed by atoms with Crippen LogP contribution < -0.4 is 4.90 Å². The lowest BCUT2D eigenvalue weighted by Crippen LogP contribution is -2.21. The number of aliphatic hydroxyl groups is 1. The minimum atomic E-state index is -0.285. The highest BCUT2D eigenvalue weighted by molar-refractivity contribution is 5.62. The largest absolute Gasteiger partial charge is 0.396 e. The molecule has 0 saturated carbocycles. The van der Waals surface area contributed by atoms with Crippen molar-refractivity contribution in [2.45, 2.75) is 6.42 Å². The van der Waals surface area contributed by atoms with Gasteiger partial charge in [-0.3, -0.25) is 0 Å². The van der Waals surface area contributed by atoms with E-state index < -0.39 is 0 Å². The molecule has 0 aliphatic heterocycles. The van der Waals surface area contributed by atoms with E-state index >= 15 is 0 Å². The first-order chi connectivity index (χ1) is 9.22. The number of aromatic nitrogens is 2. The van der Waals surface area contributed by atoms with Gasteiger partial charge in [-0.05, 0) is 12.5 Å². The summed E-state index contributed by atoms with van der Waals surface area (Å²) in [6.45, 7) is 0.813. The maximum atomic E-state index is 13.6. The zero-order valence-electron chi connectivity index (χ0n) is 10.8. The average molecular weight is 261 g/mol. The van der Waals surface area contributed by atoms with Gasteiger partial charge >= 0.3 is 0 Å². The molecule has 0 saturated heterocycles. The quantitative estimate of drug-likeness (QED) is 0.895. The normalized spacial score (nSPS) is 10.5. The van der Waals surface area contributed by atoms with Crippen molar-refractivity contribution in [3.8, 4) is 11.1 Å². The molecule has 5 heteroatoms. The van der Waals surface area contributed by atoms with Gasteiger partial charge in [0.15, 0.2) is 0 Å². The van der Waals surface area contributed by atoms with Gasteiger partial charge in [0.2, 0.25) is 5.95 Å². The van der Waals surface area contributed by atoms with Gasteiger partial charge in [-0.25, -0.2) is 14.4 Å². The number of anilines is 1. The third-order valence-electron chi connectivity index (χ3n) is 2.82. The maximum Gasteiger partial charge on any atom is 0.225 e. The molecule has 4 nitrogen and oxygen atoms in total. The molecule has 19 heavy (non-hydrogen) atoms. The number of nitrogens with zero attached hydrogens (tertiary/aromatic N) is 3. The molecule has 100 valence electrons. The zero-order chi connectivity index (χ0) is 13.7. The van der Waals surface area contributed by atoms with E-state index in [1.165, 1.54) is 6.07 Å². The van der Waals surface area contributed by atoms with E-state index in [0.717, 1.165) is 0 Å². The fraction of sp³-hybridized carbons (Fsp3) is 0.286. The lowest BCUT2D eigenvalue weighted by atomic mass is 10.1. The molecule has 0 bridgehead atoms. The fourth-order valence-corrected chi connectivity index (χ4v) is 1.76. The number of halogens is 1. The summed E-state index contributed by atoms with van der Waals surface area (Å²) in [4.78, 5) is 10.3. The Morgan fingerprint density at radius 1 is 1.21 bits per heavy atom. The summed E-state index contributed by atoms with van der Waals surface area (Å²) in [5, 5.41) is 8.78. The van der Waals surface area contributed by atoms with Gasteiger partial charge in [0.25, 0.3) is 0 Å². The molecule has 0 spiro atoms. The Morgan fingerprint density at radius 2 is 1.89 bits per heavy atom. The van der Waals surface area contributed by atoms with Crippen LogP contribution in [0, 0.1) is 5.82 Å². The highest BCUT2D eigenvalue weighted by Gasteiger charge is 2.07. The van der Waals surface area contributed by atoms with Crippen molar-refractivity contribution in [3.63, 3.8) is 0 Å². The third kappa shape index (κ3) is 3.26. The number of aliphatic hydroxyl groups excluding tert-OH is 1. The van der Waals surface area contributed by atoms with E-state index in [4.69, 9.17) is 5.11 Å². The van der Waals surface area contributed by atoms with Crippen molar-refractivity contribution < 1.29 is 9.50 Å². The molecule has 0 fully saturated rings. The van der Waals surface area contributed by atoms with Crippen molar-refractivity contribution in [2.24, 2.45) is 0 Å². The van der Waals surface area contributed by atoms with Gasteiger partial charge in [0.1, 0.15) is 5.82 Å². The maximum absolute atomic E-state index is 13.6. The average Bonchev–Trinajstić information content (AvgIpc) is 2.45. The van der Waals surface area contributed by atoms with E-state index in [1.54, 1.807) is 30.6 Å². The Bertz CT molecular complexity index is 530. The summed E-state index contributed by atoms with van der Waals surface area (Å²) in [7, 11) is 1.85. The SMILES string of the molecule is CN(CCCO)c1ncc(-c2ccccc2F)cn1. The minimum absolute atomic E-state index is 0.137. The van der Waals surface area contributed by atoms with Crippen molar-refractivity contribution >= 4 is 5.95 Å². The molecule has 1 heterocycles. The molecule has 0 aliphatic carbocycles. The van der Waals surface area contributed by atoms with Crippen LogP contribution in [0.5, 0.6) is 0 Å². The van der Waals surface area contributed by atoms with Crippen molar-refractivity contribution in [1.82, 2.24) is 9.97 Å². The zero-order valence-corrected chi connectivity index (χ0v) is 10.8. The molecule has 1 N–H and O–H groups in total. The van der Waals surface area contributed by atoms with Crippen LogP contribution in [0.3, 0.4) is 0 Å². The fourth-order valence-electron chi connectivity index (χ4n) is 1.76. The summed E-state index contributed by atoms with van der Waals surface area (Å²) in [6, 6.07) is 6.54. The lowest BCUT2D eigenvalue weighted by Gasteiger charge is -2.16. The van der Waals surface area contributed by atoms with Gasteiger partial charge in [-0.2, -0.15) is 0 Å². The van der Waals surface area contributed by atoms with E-state index in [0.29, 0.717) is 30.0 Å². The summed E-state index contributed by atoms with van der Waals surface area (Å²) < 4.78 is 13.6. The number of benzene rings is 1. The van der Waals surface area contributed by atoms with Crippen LogP contribution >= 0.6 is 0 Å². The Hall–Kier alpha value is -2.01. The van der Waals surface area contributed by atoms with E-state index in [-0.39, 0.29) is 12.4 Å². The predicted molar refractivity (Wildman–Crippen MR) is 72.4 cm³/mol. The molecular weight excluding hydrogens is 245 g/mol. The monoisotopic (exact) mass is 261 g/mol. The topological polar surface area (TPSA) is 49.2 Å². The minimum Gasteiger partial charge on any atom is -0.396 e. The van der Waals surface area contributed by atoms with Crippen LogP contribution in [-0.4, -0.2) is 35.3 Å². The van der Waals surface area contributed by atoms with Crippen LogP contribution in [0.15, 0.2) is 36.7 Å². The van der Waals surface area contributed by atoms with Gasteiger partial charge in [0.05, 0.1) is 0 Å².